The second-order valence-corrected chi connectivity index (χ2v) is 6.54. The Hall–Kier alpha value is -2.47. The zero-order valence-electron chi connectivity index (χ0n) is 13.7. The number of rotatable bonds is 5. The highest BCUT2D eigenvalue weighted by molar-refractivity contribution is 9.10. The van der Waals surface area contributed by atoms with Gasteiger partial charge in [-0.25, -0.2) is 9.78 Å². The highest BCUT2D eigenvalue weighted by atomic mass is 79.9. The third kappa shape index (κ3) is 3.96. The summed E-state index contributed by atoms with van der Waals surface area (Å²) in [6.07, 6.45) is 0.545. The fourth-order valence-electron chi connectivity index (χ4n) is 2.60. The Labute approximate surface area is 153 Å². The first-order chi connectivity index (χ1) is 12.1. The number of fused-ring (bicyclic) bond motifs is 1. The summed E-state index contributed by atoms with van der Waals surface area (Å²) in [7, 11) is 0. The van der Waals surface area contributed by atoms with Crippen LogP contribution in [0.25, 0.3) is 10.9 Å². The molecular formula is C19H17BrN2O3. The predicted octanol–water partition coefficient (Wildman–Crippen LogP) is 3.71. The lowest BCUT2D eigenvalue weighted by atomic mass is 10.2. The largest absolute Gasteiger partial charge is 0.462 e. The molecule has 0 N–H and O–H groups in total. The van der Waals surface area contributed by atoms with Crippen LogP contribution in [0.4, 0.5) is 0 Å². The molecule has 1 aromatic heterocycles. The molecular weight excluding hydrogens is 384 g/mol. The second kappa shape index (κ2) is 7.61. The lowest BCUT2D eigenvalue weighted by Crippen LogP contribution is -2.24. The average Bonchev–Trinajstić information content (AvgIpc) is 2.61. The number of aromatic nitrogens is 2. The molecule has 0 spiro atoms. The van der Waals surface area contributed by atoms with E-state index in [0.29, 0.717) is 35.3 Å². The fraction of sp³-hybridized carbons (Fsp3) is 0.211. The number of halogens is 1. The van der Waals surface area contributed by atoms with Crippen LogP contribution in [0.3, 0.4) is 0 Å². The Bertz CT molecular complexity index is 965. The summed E-state index contributed by atoms with van der Waals surface area (Å²) in [5, 5.41) is 0.597. The van der Waals surface area contributed by atoms with Crippen LogP contribution < -0.4 is 5.56 Å². The molecule has 2 aromatic carbocycles. The molecule has 0 saturated carbocycles. The predicted molar refractivity (Wildman–Crippen MR) is 99.8 cm³/mol. The van der Waals surface area contributed by atoms with Crippen molar-refractivity contribution in [3.05, 3.63) is 74.7 Å². The van der Waals surface area contributed by atoms with Gasteiger partial charge in [-0.05, 0) is 49.7 Å². The number of carbonyl (C=O) groups is 1. The summed E-state index contributed by atoms with van der Waals surface area (Å²) in [6.45, 7) is 2.51. The van der Waals surface area contributed by atoms with Gasteiger partial charge in [-0.1, -0.05) is 28.1 Å². The van der Waals surface area contributed by atoms with Gasteiger partial charge in [0.2, 0.25) is 0 Å². The first-order valence-electron chi connectivity index (χ1n) is 7.95. The number of nitrogens with zero attached hydrogens (tertiary/aromatic N) is 2. The van der Waals surface area contributed by atoms with Crippen LogP contribution in [0.1, 0.15) is 22.6 Å². The number of para-hydroxylation sites is 1. The van der Waals surface area contributed by atoms with E-state index in [2.05, 4.69) is 20.9 Å². The Balaban J connectivity index is 1.62. The molecule has 0 radical (unpaired) electrons. The third-order valence-electron chi connectivity index (χ3n) is 3.89. The van der Waals surface area contributed by atoms with Crippen molar-refractivity contribution in [3.8, 4) is 0 Å². The molecule has 0 saturated heterocycles. The van der Waals surface area contributed by atoms with Crippen LogP contribution in [0, 0.1) is 6.92 Å². The Morgan fingerprint density at radius 3 is 2.64 bits per heavy atom. The van der Waals surface area contributed by atoms with E-state index >= 15 is 0 Å². The summed E-state index contributed by atoms with van der Waals surface area (Å²) >= 11 is 3.32. The lowest BCUT2D eigenvalue weighted by molar-refractivity contribution is 0.0495. The molecule has 6 heteroatoms. The minimum Gasteiger partial charge on any atom is -0.462 e. The lowest BCUT2D eigenvalue weighted by Gasteiger charge is -2.11. The van der Waals surface area contributed by atoms with Crippen molar-refractivity contribution in [2.24, 2.45) is 0 Å². The summed E-state index contributed by atoms with van der Waals surface area (Å²) in [5.74, 6) is 0.288. The molecule has 25 heavy (non-hydrogen) atoms. The van der Waals surface area contributed by atoms with E-state index in [1.54, 1.807) is 34.9 Å². The molecule has 0 amide bonds. The van der Waals surface area contributed by atoms with Crippen LogP contribution in [0.15, 0.2) is 57.8 Å². The molecule has 1 heterocycles. The molecule has 3 rings (SSSR count). The van der Waals surface area contributed by atoms with Crippen LogP contribution in [0.5, 0.6) is 0 Å². The van der Waals surface area contributed by atoms with E-state index in [1.807, 2.05) is 25.1 Å². The van der Waals surface area contributed by atoms with Crippen LogP contribution in [-0.4, -0.2) is 22.1 Å². The van der Waals surface area contributed by atoms with Gasteiger partial charge in [0.15, 0.2) is 0 Å². The normalized spacial score (nSPS) is 10.8. The number of ether oxygens (including phenoxy) is 1. The molecule has 0 fully saturated rings. The van der Waals surface area contributed by atoms with Gasteiger partial charge in [-0.2, -0.15) is 0 Å². The molecule has 0 bridgehead atoms. The topological polar surface area (TPSA) is 61.2 Å². The smallest absolute Gasteiger partial charge is 0.338 e. The van der Waals surface area contributed by atoms with Gasteiger partial charge in [-0.15, -0.1) is 0 Å². The van der Waals surface area contributed by atoms with Crippen molar-refractivity contribution >= 4 is 32.8 Å². The number of benzene rings is 2. The molecule has 0 unspecified atom stereocenters. The Morgan fingerprint density at radius 1 is 1.16 bits per heavy atom. The van der Waals surface area contributed by atoms with Crippen molar-refractivity contribution in [2.75, 3.05) is 6.61 Å². The molecule has 5 nitrogen and oxygen atoms in total. The van der Waals surface area contributed by atoms with Gasteiger partial charge >= 0.3 is 5.97 Å². The second-order valence-electron chi connectivity index (χ2n) is 5.63. The highest BCUT2D eigenvalue weighted by Gasteiger charge is 2.09. The number of carbonyl (C=O) groups excluding carboxylic acids is 1. The highest BCUT2D eigenvalue weighted by Crippen LogP contribution is 2.12. The quantitative estimate of drug-likeness (QED) is 0.483. The zero-order chi connectivity index (χ0) is 17.8. The number of hydrogen-bond acceptors (Lipinski definition) is 4. The summed E-state index contributed by atoms with van der Waals surface area (Å²) in [6, 6.07) is 14.3. The van der Waals surface area contributed by atoms with Gasteiger partial charge in [-0.3, -0.25) is 9.36 Å². The molecule has 3 aromatic rings. The summed E-state index contributed by atoms with van der Waals surface area (Å²) < 4.78 is 7.79. The summed E-state index contributed by atoms with van der Waals surface area (Å²) in [5.41, 5.74) is 1.13. The van der Waals surface area contributed by atoms with Crippen molar-refractivity contribution < 1.29 is 9.53 Å². The van der Waals surface area contributed by atoms with Crippen molar-refractivity contribution in [3.63, 3.8) is 0 Å². The van der Waals surface area contributed by atoms with E-state index in [0.717, 1.165) is 4.47 Å². The van der Waals surface area contributed by atoms with Gasteiger partial charge in [0, 0.05) is 11.0 Å². The fourth-order valence-corrected chi connectivity index (χ4v) is 2.86. The van der Waals surface area contributed by atoms with Gasteiger partial charge in [0.25, 0.3) is 5.56 Å². The average molecular weight is 401 g/mol. The SMILES string of the molecule is Cc1nc2ccccc2c(=O)n1CCCOC(=O)c1ccc(Br)cc1. The first-order valence-corrected chi connectivity index (χ1v) is 8.74. The van der Waals surface area contributed by atoms with Gasteiger partial charge in [0.05, 0.1) is 23.1 Å². The third-order valence-corrected chi connectivity index (χ3v) is 4.42. The zero-order valence-corrected chi connectivity index (χ0v) is 15.3. The Morgan fingerprint density at radius 2 is 1.88 bits per heavy atom. The minimum atomic E-state index is -0.367. The monoisotopic (exact) mass is 400 g/mol. The van der Waals surface area contributed by atoms with Crippen LogP contribution >= 0.6 is 15.9 Å². The standard InChI is InChI=1S/C19H17BrN2O3/c1-13-21-17-6-3-2-5-16(17)18(23)22(13)11-4-12-25-19(24)14-7-9-15(20)10-8-14/h2-3,5-10H,4,11-12H2,1H3. The van der Waals surface area contributed by atoms with Gasteiger partial charge < -0.3 is 4.74 Å². The van der Waals surface area contributed by atoms with Crippen LogP contribution in [0.2, 0.25) is 0 Å². The number of esters is 1. The van der Waals surface area contributed by atoms with Crippen molar-refractivity contribution in [1.29, 1.82) is 0 Å². The minimum absolute atomic E-state index is 0.0673. The van der Waals surface area contributed by atoms with Crippen molar-refractivity contribution in [1.82, 2.24) is 9.55 Å². The molecule has 128 valence electrons. The molecule has 0 aliphatic heterocycles. The van der Waals surface area contributed by atoms with E-state index in [9.17, 15) is 9.59 Å². The summed E-state index contributed by atoms with van der Waals surface area (Å²) in [4.78, 5) is 29.0. The van der Waals surface area contributed by atoms with E-state index in [4.69, 9.17) is 4.74 Å². The Kier molecular flexibility index (Phi) is 5.28. The van der Waals surface area contributed by atoms with E-state index < -0.39 is 0 Å². The maximum atomic E-state index is 12.5. The number of hydrogen-bond donors (Lipinski definition) is 0. The molecule has 0 aliphatic carbocycles. The molecule has 0 aliphatic rings. The van der Waals surface area contributed by atoms with Gasteiger partial charge in [0.1, 0.15) is 5.82 Å². The molecule has 0 atom stereocenters. The van der Waals surface area contributed by atoms with Crippen molar-refractivity contribution in [2.45, 2.75) is 19.9 Å². The maximum absolute atomic E-state index is 12.5. The maximum Gasteiger partial charge on any atom is 0.338 e. The first kappa shape index (κ1) is 17.4. The van der Waals surface area contributed by atoms with E-state index in [1.165, 1.54) is 0 Å². The number of aryl methyl sites for hydroxylation is 1. The van der Waals surface area contributed by atoms with E-state index in [-0.39, 0.29) is 18.1 Å². The van der Waals surface area contributed by atoms with Crippen LogP contribution in [-0.2, 0) is 11.3 Å².